The summed E-state index contributed by atoms with van der Waals surface area (Å²) in [6, 6.07) is 0.448. The smallest absolute Gasteiger partial charge is 0.248 e. The molecule has 1 heterocycles. The molecular formula is C9H18N2O2. The van der Waals surface area contributed by atoms with Gasteiger partial charge in [0.05, 0.1) is 0 Å². The topological polar surface area (TPSA) is 43.8 Å². The average Bonchev–Trinajstić information content (AvgIpc) is 2.17. The Balaban J connectivity index is 2.46. The predicted octanol–water partition coefficient (Wildman–Crippen LogP) is -0.469. The number of likely N-dealkylation sites (N-methyl/N-ethyl adjacent to an activating group) is 1. The van der Waals surface area contributed by atoms with Crippen molar-refractivity contribution in [2.24, 2.45) is 0 Å². The minimum absolute atomic E-state index is 0.147. The van der Waals surface area contributed by atoms with Gasteiger partial charge in [-0.05, 0) is 26.9 Å². The van der Waals surface area contributed by atoms with Crippen LogP contribution in [0.4, 0.5) is 0 Å². The van der Waals surface area contributed by atoms with Gasteiger partial charge in [-0.2, -0.15) is 0 Å². The van der Waals surface area contributed by atoms with Gasteiger partial charge in [0, 0.05) is 19.1 Å². The Morgan fingerprint density at radius 2 is 2.31 bits per heavy atom. The quantitative estimate of drug-likeness (QED) is 0.634. The third kappa shape index (κ3) is 2.67. The molecule has 0 radical (unpaired) electrons. The van der Waals surface area contributed by atoms with Crippen molar-refractivity contribution in [3.8, 4) is 0 Å². The van der Waals surface area contributed by atoms with Crippen molar-refractivity contribution < 1.29 is 9.90 Å². The largest absolute Gasteiger partial charge is 0.387 e. The van der Waals surface area contributed by atoms with Crippen molar-refractivity contribution in [1.82, 2.24) is 9.80 Å². The van der Waals surface area contributed by atoms with Crippen LogP contribution in [0.3, 0.4) is 0 Å². The van der Waals surface area contributed by atoms with Crippen LogP contribution in [0, 0.1) is 0 Å². The molecule has 1 saturated heterocycles. The minimum Gasteiger partial charge on any atom is -0.387 e. The van der Waals surface area contributed by atoms with E-state index in [1.54, 1.807) is 4.90 Å². The van der Waals surface area contributed by atoms with Gasteiger partial charge in [0.15, 0.2) is 0 Å². The van der Waals surface area contributed by atoms with E-state index in [1.165, 1.54) is 0 Å². The molecule has 0 aliphatic carbocycles. The molecule has 0 bridgehead atoms. The van der Waals surface area contributed by atoms with Crippen LogP contribution in [0.2, 0.25) is 0 Å². The van der Waals surface area contributed by atoms with Gasteiger partial charge in [0.2, 0.25) is 5.91 Å². The molecule has 0 aromatic rings. The van der Waals surface area contributed by atoms with Crippen LogP contribution in [-0.2, 0) is 4.79 Å². The number of hydrogen-bond donors (Lipinski definition) is 1. The summed E-state index contributed by atoms with van der Waals surface area (Å²) in [7, 11) is 4.05. The molecule has 0 aromatic carbocycles. The number of hydrogen-bond acceptors (Lipinski definition) is 3. The summed E-state index contributed by atoms with van der Waals surface area (Å²) >= 11 is 0. The molecule has 76 valence electrons. The summed E-state index contributed by atoms with van der Waals surface area (Å²) in [5, 5.41) is 8.71. The Morgan fingerprint density at radius 3 is 2.85 bits per heavy atom. The summed E-state index contributed by atoms with van der Waals surface area (Å²) in [6.45, 7) is 1.19. The number of carbonyl (C=O) groups excluding carboxylic acids is 1. The second kappa shape index (κ2) is 4.58. The lowest BCUT2D eigenvalue weighted by Crippen LogP contribution is -2.48. The Morgan fingerprint density at radius 1 is 1.62 bits per heavy atom. The van der Waals surface area contributed by atoms with Gasteiger partial charge in [0.1, 0.15) is 6.61 Å². The number of nitrogens with zero attached hydrogens (tertiary/aromatic N) is 2. The Labute approximate surface area is 79.1 Å². The molecule has 0 aromatic heterocycles. The maximum Gasteiger partial charge on any atom is 0.248 e. The second-order valence-corrected chi connectivity index (χ2v) is 3.76. The molecule has 1 aliphatic rings. The van der Waals surface area contributed by atoms with Crippen LogP contribution in [0.15, 0.2) is 0 Å². The zero-order valence-electron chi connectivity index (χ0n) is 8.36. The number of aliphatic hydroxyl groups is 1. The highest BCUT2D eigenvalue weighted by Gasteiger charge is 2.23. The zero-order valence-corrected chi connectivity index (χ0v) is 8.36. The van der Waals surface area contributed by atoms with Crippen LogP contribution in [0.1, 0.15) is 12.8 Å². The molecule has 1 unspecified atom stereocenters. The zero-order chi connectivity index (χ0) is 9.84. The number of amides is 1. The molecule has 1 N–H and O–H groups in total. The first-order valence-corrected chi connectivity index (χ1v) is 4.70. The third-order valence-corrected chi connectivity index (χ3v) is 2.61. The fourth-order valence-corrected chi connectivity index (χ4v) is 1.70. The van der Waals surface area contributed by atoms with E-state index >= 15 is 0 Å². The maximum absolute atomic E-state index is 11.2. The summed E-state index contributed by atoms with van der Waals surface area (Å²) in [6.07, 6.45) is 2.18. The number of rotatable bonds is 2. The van der Waals surface area contributed by atoms with Crippen molar-refractivity contribution in [3.63, 3.8) is 0 Å². The molecule has 0 spiro atoms. The van der Waals surface area contributed by atoms with Crippen LogP contribution in [0.5, 0.6) is 0 Å². The van der Waals surface area contributed by atoms with Gasteiger partial charge < -0.3 is 14.9 Å². The molecule has 13 heavy (non-hydrogen) atoms. The monoisotopic (exact) mass is 186 g/mol. The lowest BCUT2D eigenvalue weighted by Gasteiger charge is -2.35. The van der Waals surface area contributed by atoms with Crippen molar-refractivity contribution in [2.75, 3.05) is 33.8 Å². The van der Waals surface area contributed by atoms with E-state index in [0.717, 1.165) is 25.9 Å². The molecular weight excluding hydrogens is 168 g/mol. The van der Waals surface area contributed by atoms with E-state index in [2.05, 4.69) is 4.90 Å². The normalized spacial score (nSPS) is 23.7. The summed E-state index contributed by atoms with van der Waals surface area (Å²) in [5.74, 6) is -0.147. The van der Waals surface area contributed by atoms with E-state index in [1.807, 2.05) is 14.1 Å². The third-order valence-electron chi connectivity index (χ3n) is 2.61. The van der Waals surface area contributed by atoms with Crippen molar-refractivity contribution in [3.05, 3.63) is 0 Å². The highest BCUT2D eigenvalue weighted by atomic mass is 16.3. The van der Waals surface area contributed by atoms with E-state index < -0.39 is 0 Å². The van der Waals surface area contributed by atoms with Gasteiger partial charge >= 0.3 is 0 Å². The van der Waals surface area contributed by atoms with Gasteiger partial charge in [-0.15, -0.1) is 0 Å². The highest BCUT2D eigenvalue weighted by molar-refractivity contribution is 5.77. The van der Waals surface area contributed by atoms with Crippen LogP contribution >= 0.6 is 0 Å². The number of likely N-dealkylation sites (tertiary alicyclic amines) is 1. The maximum atomic E-state index is 11.2. The van der Waals surface area contributed by atoms with E-state index in [-0.39, 0.29) is 12.5 Å². The molecule has 1 rings (SSSR count). The molecule has 1 amide bonds. The lowest BCUT2D eigenvalue weighted by atomic mass is 10.1. The summed E-state index contributed by atoms with van der Waals surface area (Å²) in [5.41, 5.74) is 0. The number of piperidine rings is 1. The Bertz CT molecular complexity index is 182. The van der Waals surface area contributed by atoms with Crippen molar-refractivity contribution in [1.29, 1.82) is 0 Å². The first-order valence-electron chi connectivity index (χ1n) is 4.70. The van der Waals surface area contributed by atoms with Crippen LogP contribution in [-0.4, -0.2) is 60.6 Å². The molecule has 1 aliphatic heterocycles. The summed E-state index contributed by atoms with van der Waals surface area (Å²) in [4.78, 5) is 15.1. The molecule has 1 fully saturated rings. The van der Waals surface area contributed by atoms with Gasteiger partial charge in [-0.1, -0.05) is 0 Å². The Kier molecular flexibility index (Phi) is 3.69. The van der Waals surface area contributed by atoms with Crippen molar-refractivity contribution in [2.45, 2.75) is 18.9 Å². The minimum atomic E-state index is -0.361. The van der Waals surface area contributed by atoms with E-state index in [9.17, 15) is 4.79 Å². The standard InChI is InChI=1S/C9H18N2O2/c1-10(2)8-4-3-5-11(6-8)9(13)7-12/h8,12H,3-7H2,1-2H3. The second-order valence-electron chi connectivity index (χ2n) is 3.76. The van der Waals surface area contributed by atoms with Gasteiger partial charge in [-0.3, -0.25) is 4.79 Å². The lowest BCUT2D eigenvalue weighted by molar-refractivity contribution is -0.136. The summed E-state index contributed by atoms with van der Waals surface area (Å²) < 4.78 is 0. The SMILES string of the molecule is CN(C)C1CCCN(C(=O)CO)C1. The average molecular weight is 186 g/mol. The molecule has 1 atom stereocenters. The highest BCUT2D eigenvalue weighted by Crippen LogP contribution is 2.13. The Hall–Kier alpha value is -0.610. The van der Waals surface area contributed by atoms with Crippen LogP contribution < -0.4 is 0 Å². The van der Waals surface area contributed by atoms with Crippen molar-refractivity contribution >= 4 is 5.91 Å². The number of carbonyl (C=O) groups is 1. The molecule has 4 heteroatoms. The molecule has 0 saturated carbocycles. The molecule has 4 nitrogen and oxygen atoms in total. The first kappa shape index (κ1) is 10.5. The van der Waals surface area contributed by atoms with Gasteiger partial charge in [0.25, 0.3) is 0 Å². The van der Waals surface area contributed by atoms with E-state index in [0.29, 0.717) is 6.04 Å². The van der Waals surface area contributed by atoms with E-state index in [4.69, 9.17) is 5.11 Å². The first-order chi connectivity index (χ1) is 6.15. The van der Waals surface area contributed by atoms with Gasteiger partial charge in [-0.25, -0.2) is 0 Å². The van der Waals surface area contributed by atoms with Crippen LogP contribution in [0.25, 0.3) is 0 Å². The predicted molar refractivity (Wildman–Crippen MR) is 50.4 cm³/mol. The fourth-order valence-electron chi connectivity index (χ4n) is 1.70. The number of aliphatic hydroxyl groups excluding tert-OH is 1. The fraction of sp³-hybridized carbons (Fsp3) is 0.889.